The van der Waals surface area contributed by atoms with Crippen LogP contribution >= 0.6 is 0 Å². The van der Waals surface area contributed by atoms with Crippen LogP contribution in [0.15, 0.2) is 11.0 Å². The highest BCUT2D eigenvalue weighted by molar-refractivity contribution is 5.66. The molecular formula is C14H16N4O7. The molecule has 0 aromatic carbocycles. The molecule has 3 atom stereocenters. The molecule has 2 heterocycles. The van der Waals surface area contributed by atoms with Crippen molar-refractivity contribution < 1.29 is 29.0 Å². The Labute approximate surface area is 141 Å². The number of rotatable bonds is 5. The summed E-state index contributed by atoms with van der Waals surface area (Å²) < 4.78 is 16.7. The molecule has 1 aromatic rings. The van der Waals surface area contributed by atoms with Crippen LogP contribution < -0.4 is 11.2 Å². The lowest BCUT2D eigenvalue weighted by molar-refractivity contribution is -0.155. The summed E-state index contributed by atoms with van der Waals surface area (Å²) in [4.78, 5) is 37.8. The van der Waals surface area contributed by atoms with Gasteiger partial charge >= 0.3 is 17.6 Å². The predicted molar refractivity (Wildman–Crippen MR) is 79.3 cm³/mol. The first-order chi connectivity index (χ1) is 11.8. The highest BCUT2D eigenvalue weighted by atomic mass is 16.6. The third-order valence-electron chi connectivity index (χ3n) is 3.44. The van der Waals surface area contributed by atoms with Gasteiger partial charge in [0.2, 0.25) is 0 Å². The number of carbonyl (C=O) groups is 2. The fraction of sp³-hybridized carbons (Fsp3) is 0.500. The molecule has 2 rings (SSSR count). The molecule has 1 saturated heterocycles. The average Bonchev–Trinajstić information content (AvgIpc) is 2.94. The van der Waals surface area contributed by atoms with Crippen molar-refractivity contribution in [1.29, 1.82) is 5.26 Å². The summed E-state index contributed by atoms with van der Waals surface area (Å²) in [6.07, 6.45) is -1.13. The quantitative estimate of drug-likeness (QED) is 0.533. The first kappa shape index (κ1) is 18.4. The summed E-state index contributed by atoms with van der Waals surface area (Å²) >= 11 is 0. The Morgan fingerprint density at radius 3 is 2.80 bits per heavy atom. The SMILES string of the molecule is CC(=O)OC[C@H]1O[C@@H](n2cc(C#N)c(NO)nc2=O)C[C@@H]1OC(C)=O. The normalized spacial score (nSPS) is 22.1. The Kier molecular flexibility index (Phi) is 5.68. The molecule has 0 bridgehead atoms. The van der Waals surface area contributed by atoms with E-state index in [1.165, 1.54) is 13.8 Å². The second kappa shape index (κ2) is 7.73. The van der Waals surface area contributed by atoms with Crippen LogP contribution in [0.2, 0.25) is 0 Å². The van der Waals surface area contributed by atoms with Crippen molar-refractivity contribution in [3.63, 3.8) is 0 Å². The predicted octanol–water partition coefficient (Wildman–Crippen LogP) is -0.302. The van der Waals surface area contributed by atoms with Crippen molar-refractivity contribution >= 4 is 17.8 Å². The van der Waals surface area contributed by atoms with Crippen LogP contribution in [-0.2, 0) is 23.8 Å². The van der Waals surface area contributed by atoms with E-state index < -0.39 is 36.1 Å². The minimum Gasteiger partial charge on any atom is -0.463 e. The molecule has 1 aliphatic heterocycles. The maximum Gasteiger partial charge on any atom is 0.351 e. The fourth-order valence-corrected chi connectivity index (χ4v) is 2.40. The van der Waals surface area contributed by atoms with Gasteiger partial charge in [-0.1, -0.05) is 0 Å². The number of nitrogens with one attached hydrogen (secondary N) is 1. The van der Waals surface area contributed by atoms with Crippen LogP contribution in [0.4, 0.5) is 5.82 Å². The molecule has 11 nitrogen and oxygen atoms in total. The second-order valence-electron chi connectivity index (χ2n) is 5.23. The van der Waals surface area contributed by atoms with Crippen LogP contribution in [0, 0.1) is 11.3 Å². The highest BCUT2D eigenvalue weighted by Crippen LogP contribution is 2.30. The van der Waals surface area contributed by atoms with Gasteiger partial charge in [0.15, 0.2) is 5.82 Å². The number of anilines is 1. The molecule has 0 radical (unpaired) electrons. The molecule has 134 valence electrons. The van der Waals surface area contributed by atoms with Gasteiger partial charge < -0.3 is 14.2 Å². The van der Waals surface area contributed by atoms with Gasteiger partial charge in [0.1, 0.15) is 36.7 Å². The molecule has 0 unspecified atom stereocenters. The third-order valence-corrected chi connectivity index (χ3v) is 3.44. The summed E-state index contributed by atoms with van der Waals surface area (Å²) in [5, 5.41) is 17.9. The van der Waals surface area contributed by atoms with Gasteiger partial charge in [0.25, 0.3) is 0 Å². The lowest BCUT2D eigenvalue weighted by Crippen LogP contribution is -2.31. The number of nitriles is 1. The van der Waals surface area contributed by atoms with Crippen molar-refractivity contribution in [2.24, 2.45) is 0 Å². The van der Waals surface area contributed by atoms with Gasteiger partial charge in [-0.15, -0.1) is 0 Å². The number of ether oxygens (including phenoxy) is 3. The smallest absolute Gasteiger partial charge is 0.351 e. The molecule has 1 aliphatic rings. The molecular weight excluding hydrogens is 336 g/mol. The van der Waals surface area contributed by atoms with Gasteiger partial charge in [-0.2, -0.15) is 10.2 Å². The molecule has 1 fully saturated rings. The van der Waals surface area contributed by atoms with Gasteiger partial charge in [-0.05, 0) is 0 Å². The fourth-order valence-electron chi connectivity index (χ4n) is 2.40. The van der Waals surface area contributed by atoms with Crippen molar-refractivity contribution in [1.82, 2.24) is 9.55 Å². The molecule has 1 aromatic heterocycles. The summed E-state index contributed by atoms with van der Waals surface area (Å²) in [6.45, 7) is 2.29. The summed E-state index contributed by atoms with van der Waals surface area (Å²) in [5.41, 5.74) is 0.800. The molecule has 0 saturated carbocycles. The van der Waals surface area contributed by atoms with E-state index in [0.717, 1.165) is 10.8 Å². The van der Waals surface area contributed by atoms with Crippen molar-refractivity contribution in [3.8, 4) is 6.07 Å². The summed E-state index contributed by atoms with van der Waals surface area (Å²) in [5.74, 6) is -1.36. The molecule has 2 N–H and O–H groups in total. The maximum absolute atomic E-state index is 12.1. The zero-order valence-electron chi connectivity index (χ0n) is 13.5. The molecule has 0 amide bonds. The molecule has 0 aliphatic carbocycles. The van der Waals surface area contributed by atoms with E-state index >= 15 is 0 Å². The maximum atomic E-state index is 12.1. The zero-order valence-corrected chi connectivity index (χ0v) is 13.5. The topological polar surface area (TPSA) is 153 Å². The van der Waals surface area contributed by atoms with E-state index in [9.17, 15) is 14.4 Å². The molecule has 25 heavy (non-hydrogen) atoms. The van der Waals surface area contributed by atoms with E-state index in [1.54, 1.807) is 11.5 Å². The largest absolute Gasteiger partial charge is 0.463 e. The zero-order chi connectivity index (χ0) is 18.6. The van der Waals surface area contributed by atoms with Crippen molar-refractivity contribution in [2.45, 2.75) is 38.7 Å². The Morgan fingerprint density at radius 2 is 2.24 bits per heavy atom. The first-order valence-corrected chi connectivity index (χ1v) is 7.25. The number of hydrogen-bond acceptors (Lipinski definition) is 10. The third kappa shape index (κ3) is 4.31. The van der Waals surface area contributed by atoms with E-state index in [-0.39, 0.29) is 24.4 Å². The van der Waals surface area contributed by atoms with E-state index in [1.807, 2.05) is 0 Å². The Morgan fingerprint density at radius 1 is 1.52 bits per heavy atom. The summed E-state index contributed by atoms with van der Waals surface area (Å²) in [6, 6.07) is 1.78. The lowest BCUT2D eigenvalue weighted by Gasteiger charge is -2.17. The van der Waals surface area contributed by atoms with Gasteiger partial charge in [-0.3, -0.25) is 24.8 Å². The highest BCUT2D eigenvalue weighted by Gasteiger charge is 2.39. The second-order valence-corrected chi connectivity index (χ2v) is 5.23. The Balaban J connectivity index is 2.28. The molecule has 0 spiro atoms. The number of aromatic nitrogens is 2. The lowest BCUT2D eigenvalue weighted by atomic mass is 10.2. The molecule has 11 heteroatoms. The Hall–Kier alpha value is -2.97. The van der Waals surface area contributed by atoms with Gasteiger partial charge in [0.05, 0.1) is 0 Å². The standard InChI is InChI=1S/C14H16N4O7/c1-7(19)23-6-11-10(24-8(2)20)3-12(25-11)18-5-9(4-15)13(17-22)16-14(18)21/h5,10-12,22H,3,6H2,1-2H3,(H,16,17,21)/t10-,11+,12+/m0/s1. The van der Waals surface area contributed by atoms with E-state index in [0.29, 0.717) is 0 Å². The Bertz CT molecular complexity index is 769. The number of nitrogens with zero attached hydrogens (tertiary/aromatic N) is 3. The minimum absolute atomic E-state index is 0.0850. The van der Waals surface area contributed by atoms with Gasteiger partial charge in [0, 0.05) is 26.5 Å². The van der Waals surface area contributed by atoms with Crippen molar-refractivity contribution in [3.05, 3.63) is 22.2 Å². The van der Waals surface area contributed by atoms with Gasteiger partial charge in [-0.25, -0.2) is 4.79 Å². The minimum atomic E-state index is -0.884. The number of hydrogen-bond donors (Lipinski definition) is 2. The monoisotopic (exact) mass is 352 g/mol. The first-order valence-electron chi connectivity index (χ1n) is 7.25. The number of esters is 2. The van der Waals surface area contributed by atoms with E-state index in [4.69, 9.17) is 24.7 Å². The van der Waals surface area contributed by atoms with Crippen LogP contribution in [0.5, 0.6) is 0 Å². The van der Waals surface area contributed by atoms with Crippen LogP contribution in [-0.4, -0.2) is 45.5 Å². The van der Waals surface area contributed by atoms with Crippen LogP contribution in [0.1, 0.15) is 32.1 Å². The van der Waals surface area contributed by atoms with Crippen molar-refractivity contribution in [2.75, 3.05) is 12.1 Å². The average molecular weight is 352 g/mol. The van der Waals surface area contributed by atoms with Crippen LogP contribution in [0.3, 0.4) is 0 Å². The summed E-state index contributed by atoms with van der Waals surface area (Å²) in [7, 11) is 0. The number of carbonyl (C=O) groups excluding carboxylic acids is 2. The van der Waals surface area contributed by atoms with E-state index in [2.05, 4.69) is 4.98 Å². The van der Waals surface area contributed by atoms with Crippen LogP contribution in [0.25, 0.3) is 0 Å².